The van der Waals surface area contributed by atoms with Crippen molar-refractivity contribution >= 4 is 50.7 Å². The van der Waals surface area contributed by atoms with E-state index in [1.165, 1.54) is 31.2 Å². The van der Waals surface area contributed by atoms with Crippen LogP contribution in [0.4, 0.5) is 20.2 Å². The van der Waals surface area contributed by atoms with Gasteiger partial charge in [0.05, 0.1) is 5.69 Å². The molecule has 0 aromatic heterocycles. The molecule has 1 aliphatic carbocycles. The number of halogens is 4. The first kappa shape index (κ1) is 24.7. The van der Waals surface area contributed by atoms with Gasteiger partial charge >= 0.3 is 5.57 Å². The van der Waals surface area contributed by atoms with Crippen molar-refractivity contribution in [3.05, 3.63) is 52.0 Å². The first-order chi connectivity index (χ1) is 15.9. The largest absolute Gasteiger partial charge is 0.487 e. The van der Waals surface area contributed by atoms with E-state index >= 15 is 0 Å². The molecule has 3 unspecified atom stereocenters. The average Bonchev–Trinajstić information content (AvgIpc) is 3.24. The van der Waals surface area contributed by atoms with E-state index in [2.05, 4.69) is 50.0 Å². The lowest BCUT2D eigenvalue weighted by molar-refractivity contribution is -0.119. The summed E-state index contributed by atoms with van der Waals surface area (Å²) >= 11 is 8.45. The molecule has 10 heteroatoms. The second kappa shape index (κ2) is 9.34. The number of carbonyl (C=O) groups excluding carboxylic acids is 2. The van der Waals surface area contributed by atoms with Crippen LogP contribution in [0.3, 0.4) is 0 Å². The Morgan fingerprint density at radius 2 is 1.88 bits per heavy atom. The fourth-order valence-electron chi connectivity index (χ4n) is 5.12. The van der Waals surface area contributed by atoms with Gasteiger partial charge in [0.2, 0.25) is 5.91 Å². The third-order valence-corrected chi connectivity index (χ3v) is 6.89. The topological polar surface area (TPSA) is 70.7 Å². The minimum absolute atomic E-state index is 0.0400. The van der Waals surface area contributed by atoms with Crippen molar-refractivity contribution < 1.29 is 23.1 Å². The van der Waals surface area contributed by atoms with Gasteiger partial charge in [-0.1, -0.05) is 0 Å². The molecule has 2 aromatic rings. The van der Waals surface area contributed by atoms with E-state index in [1.54, 1.807) is 6.07 Å². The zero-order valence-corrected chi connectivity index (χ0v) is 21.2. The van der Waals surface area contributed by atoms with Gasteiger partial charge < -0.3 is 20.3 Å². The molecule has 182 valence electrons. The number of rotatable bonds is 6. The summed E-state index contributed by atoms with van der Waals surface area (Å²) < 4.78 is 30.7. The van der Waals surface area contributed by atoms with Crippen molar-refractivity contribution in [2.24, 2.45) is 0 Å². The van der Waals surface area contributed by atoms with Gasteiger partial charge in [-0.05, 0) is 84.6 Å². The van der Waals surface area contributed by atoms with E-state index in [0.29, 0.717) is 11.3 Å². The molecule has 2 amide bonds. The van der Waals surface area contributed by atoms with Crippen molar-refractivity contribution in [1.29, 1.82) is 0 Å². The van der Waals surface area contributed by atoms with Crippen LogP contribution in [-0.2, 0) is 4.79 Å². The van der Waals surface area contributed by atoms with Crippen LogP contribution in [0.25, 0.3) is 0 Å². The van der Waals surface area contributed by atoms with E-state index in [4.69, 9.17) is 11.6 Å². The van der Waals surface area contributed by atoms with Crippen molar-refractivity contribution in [3.63, 3.8) is 0 Å². The number of alkyl halides is 3. The van der Waals surface area contributed by atoms with Gasteiger partial charge in [-0.2, -0.15) is 0 Å². The molecule has 2 N–H and O–H groups in total. The lowest BCUT2D eigenvalue weighted by atomic mass is 9.95. The minimum Gasteiger partial charge on any atom is -0.420 e. The highest BCUT2D eigenvalue weighted by molar-refractivity contribution is 9.10. The number of carbonyl (C=O) groups is 2. The average molecular weight is 557 g/mol. The third-order valence-electron chi connectivity index (χ3n) is 6.21. The Morgan fingerprint density at radius 1 is 1.21 bits per heavy atom. The van der Waals surface area contributed by atoms with Crippen LogP contribution in [0.2, 0.25) is 0 Å². The molecule has 3 atom stereocenters. The quantitative estimate of drug-likeness (QED) is 0.438. The summed E-state index contributed by atoms with van der Waals surface area (Å²) in [7, 11) is 0. The highest BCUT2D eigenvalue weighted by Crippen LogP contribution is 2.53. The monoisotopic (exact) mass is 555 g/mol. The molecule has 6 nitrogen and oxygen atoms in total. The van der Waals surface area contributed by atoms with E-state index < -0.39 is 5.57 Å². The Labute approximate surface area is 210 Å². The number of fused-ring (bicyclic) bond motifs is 3. The van der Waals surface area contributed by atoms with Gasteiger partial charge in [-0.25, -0.2) is 0 Å². The number of hydrogen-bond donors (Lipinski definition) is 2. The van der Waals surface area contributed by atoms with Crippen LogP contribution in [0, 0.1) is 0 Å². The number of anilines is 2. The summed E-state index contributed by atoms with van der Waals surface area (Å²) in [5.74, 6) is -0.280. The molecule has 2 aromatic carbocycles. The van der Waals surface area contributed by atoms with Gasteiger partial charge in [0.25, 0.3) is 5.91 Å². The molecule has 0 bridgehead atoms. The van der Waals surface area contributed by atoms with E-state index in [9.17, 15) is 18.4 Å². The first-order valence-corrected chi connectivity index (χ1v) is 12.2. The zero-order valence-electron chi connectivity index (χ0n) is 18.9. The molecule has 4 rings (SSSR count). The molecule has 1 saturated carbocycles. The Bertz CT molecular complexity index is 1110. The Balaban J connectivity index is 1.57. The van der Waals surface area contributed by atoms with Crippen molar-refractivity contribution in [3.8, 4) is 5.75 Å². The summed E-state index contributed by atoms with van der Waals surface area (Å²) in [5.41, 5.74) is -0.723. The number of nitrogens with zero attached hydrogens (tertiary/aromatic N) is 1. The fraction of sp³-hybridized carbons (Fsp3) is 0.417. The number of benzene rings is 2. The molecule has 1 fully saturated rings. The Morgan fingerprint density at radius 3 is 2.47 bits per heavy atom. The molecular formula is C24H25BrClF2N3O3. The zero-order chi connectivity index (χ0) is 24.8. The number of amides is 2. The molecule has 1 heterocycles. The Hall–Kier alpha value is -2.39. The maximum atomic E-state index is 13.0. The maximum Gasteiger partial charge on any atom is 0.487 e. The molecule has 0 spiro atoms. The molecule has 0 saturated heterocycles. The van der Waals surface area contributed by atoms with Crippen LogP contribution in [0.1, 0.15) is 55.5 Å². The van der Waals surface area contributed by atoms with Crippen LogP contribution in [0.5, 0.6) is 5.75 Å². The molecule has 34 heavy (non-hydrogen) atoms. The maximum absolute atomic E-state index is 13.0. The Kier molecular flexibility index (Phi) is 6.79. The summed E-state index contributed by atoms with van der Waals surface area (Å²) in [5, 5.41) is 5.83. The lowest BCUT2D eigenvalue weighted by Gasteiger charge is -2.32. The van der Waals surface area contributed by atoms with Gasteiger partial charge in [0.1, 0.15) is 5.75 Å². The van der Waals surface area contributed by atoms with Crippen LogP contribution in [-0.4, -0.2) is 35.5 Å². The third kappa shape index (κ3) is 5.15. The summed E-state index contributed by atoms with van der Waals surface area (Å²) in [6, 6.07) is 9.83. The first-order valence-electron chi connectivity index (χ1n) is 11.0. The normalized spacial score (nSPS) is 21.3. The highest BCUT2D eigenvalue weighted by Gasteiger charge is 2.47. The minimum atomic E-state index is -3.80. The second-order valence-corrected chi connectivity index (χ2v) is 10.3. The smallest absolute Gasteiger partial charge is 0.420 e. The van der Waals surface area contributed by atoms with Gasteiger partial charge in [-0.3, -0.25) is 9.59 Å². The summed E-state index contributed by atoms with van der Waals surface area (Å²) in [6.07, 6.45) is 1.66. The molecule has 1 aliphatic heterocycles. The van der Waals surface area contributed by atoms with Crippen molar-refractivity contribution in [1.82, 2.24) is 5.32 Å². The van der Waals surface area contributed by atoms with E-state index in [1.807, 2.05) is 6.07 Å². The predicted molar refractivity (Wildman–Crippen MR) is 131 cm³/mol. The fourth-order valence-corrected chi connectivity index (χ4v) is 5.89. The number of ether oxygens (including phenoxy) is 1. The summed E-state index contributed by atoms with van der Waals surface area (Å²) in [6.45, 7) is 5.80. The second-order valence-electron chi connectivity index (χ2n) is 8.97. The molecular weight excluding hydrogens is 532 g/mol. The van der Waals surface area contributed by atoms with E-state index in [-0.39, 0.29) is 41.6 Å². The number of nitrogens with one attached hydrogen (secondary N) is 2. The number of hydrogen-bond acceptors (Lipinski definition) is 4. The van der Waals surface area contributed by atoms with Crippen molar-refractivity contribution in [2.75, 3.05) is 10.2 Å². The van der Waals surface area contributed by atoms with Crippen LogP contribution >= 0.6 is 27.5 Å². The standard InChI is InChI=1S/C24H25BrClF2N3O3/c1-12(2)31-21-11-16(29-13(3)32)10-18(21)19-8-14(9-20(25)22(19)31)23(33)30-15-4-6-17(7-5-15)34-24(26,27)28/h4-9,12,16,18,21H,10-11H2,1-3H3,(H,29,32)(H,30,33). The van der Waals surface area contributed by atoms with Crippen molar-refractivity contribution in [2.45, 2.75) is 63.2 Å². The SMILES string of the molecule is CC(=O)NC1CC2c3cc(C(=O)Nc4ccc(OC(F)(F)Cl)cc4)cc(Br)c3N(C(C)C)C2C1. The lowest BCUT2D eigenvalue weighted by Crippen LogP contribution is -2.39. The van der Waals surface area contributed by atoms with Gasteiger partial charge in [0, 0.05) is 58.3 Å². The van der Waals surface area contributed by atoms with E-state index in [0.717, 1.165) is 28.6 Å². The molecule has 2 aliphatic rings. The summed E-state index contributed by atoms with van der Waals surface area (Å²) in [4.78, 5) is 27.0. The predicted octanol–water partition coefficient (Wildman–Crippen LogP) is 5.85. The van der Waals surface area contributed by atoms with Crippen LogP contribution < -0.4 is 20.3 Å². The molecule has 0 radical (unpaired) electrons. The van der Waals surface area contributed by atoms with Gasteiger partial charge in [0.15, 0.2) is 0 Å². The van der Waals surface area contributed by atoms with Gasteiger partial charge in [-0.15, -0.1) is 8.78 Å². The van der Waals surface area contributed by atoms with Crippen LogP contribution in [0.15, 0.2) is 40.9 Å². The highest BCUT2D eigenvalue weighted by atomic mass is 79.9.